The van der Waals surface area contributed by atoms with Gasteiger partial charge in [-0.25, -0.2) is 5.14 Å². The topological polar surface area (TPSA) is 127 Å². The summed E-state index contributed by atoms with van der Waals surface area (Å²) >= 11 is 0. The highest BCUT2D eigenvalue weighted by molar-refractivity contribution is 7.86. The number of carboxylic acid groups (broad SMARTS) is 1. The molecule has 2 saturated carbocycles. The van der Waals surface area contributed by atoms with Gasteiger partial charge in [0.15, 0.2) is 0 Å². The Morgan fingerprint density at radius 1 is 1.18 bits per heavy atom. The average Bonchev–Trinajstić information content (AvgIpc) is 2.46. The maximum atomic E-state index is 12.0. The van der Waals surface area contributed by atoms with E-state index < -0.39 is 22.2 Å². The van der Waals surface area contributed by atoms with Crippen molar-refractivity contribution in [3.63, 3.8) is 0 Å². The SMILES string of the molecule is N[C@@H](CCN(C1CCCC2CCCCC21)S(N)(=O)=O)C(=O)O. The molecule has 0 aromatic rings. The van der Waals surface area contributed by atoms with Gasteiger partial charge in [0.1, 0.15) is 6.04 Å². The second kappa shape index (κ2) is 7.25. The third-order valence-electron chi connectivity index (χ3n) is 5.21. The molecule has 22 heavy (non-hydrogen) atoms. The molecule has 0 radical (unpaired) electrons. The van der Waals surface area contributed by atoms with Crippen molar-refractivity contribution in [2.45, 2.75) is 63.5 Å². The first-order valence-electron chi connectivity index (χ1n) is 8.08. The Hall–Kier alpha value is -0.700. The monoisotopic (exact) mass is 333 g/mol. The number of aliphatic carboxylic acids is 1. The Labute approximate surface area is 132 Å². The second-order valence-corrected chi connectivity index (χ2v) is 8.09. The van der Waals surface area contributed by atoms with E-state index in [0.29, 0.717) is 11.8 Å². The van der Waals surface area contributed by atoms with Crippen molar-refractivity contribution in [1.29, 1.82) is 0 Å². The Balaban J connectivity index is 2.12. The van der Waals surface area contributed by atoms with E-state index in [-0.39, 0.29) is 19.0 Å². The van der Waals surface area contributed by atoms with Crippen LogP contribution in [0, 0.1) is 11.8 Å². The summed E-state index contributed by atoms with van der Waals surface area (Å²) in [6, 6.07) is -1.16. The molecule has 0 aromatic heterocycles. The molecule has 0 heterocycles. The van der Waals surface area contributed by atoms with E-state index >= 15 is 0 Å². The van der Waals surface area contributed by atoms with Crippen LogP contribution in [0.15, 0.2) is 0 Å². The van der Waals surface area contributed by atoms with E-state index in [1.807, 2.05) is 0 Å². The number of nitrogens with zero attached hydrogens (tertiary/aromatic N) is 1. The van der Waals surface area contributed by atoms with E-state index in [1.165, 1.54) is 10.7 Å². The van der Waals surface area contributed by atoms with E-state index in [4.69, 9.17) is 16.0 Å². The Morgan fingerprint density at radius 2 is 1.82 bits per heavy atom. The van der Waals surface area contributed by atoms with E-state index in [2.05, 4.69) is 0 Å². The van der Waals surface area contributed by atoms with Crippen molar-refractivity contribution >= 4 is 16.2 Å². The molecule has 0 aliphatic heterocycles. The number of rotatable bonds is 6. The molecule has 0 bridgehead atoms. The van der Waals surface area contributed by atoms with Gasteiger partial charge >= 0.3 is 5.97 Å². The molecule has 0 spiro atoms. The van der Waals surface area contributed by atoms with Crippen molar-refractivity contribution < 1.29 is 18.3 Å². The van der Waals surface area contributed by atoms with Gasteiger partial charge in [-0.3, -0.25) is 4.79 Å². The highest BCUT2D eigenvalue weighted by atomic mass is 32.2. The van der Waals surface area contributed by atoms with Crippen LogP contribution in [0.3, 0.4) is 0 Å². The van der Waals surface area contributed by atoms with Crippen molar-refractivity contribution in [2.24, 2.45) is 22.7 Å². The number of nitrogens with two attached hydrogens (primary N) is 2. The van der Waals surface area contributed by atoms with Crippen LogP contribution in [0.4, 0.5) is 0 Å². The number of fused-ring (bicyclic) bond motifs is 1. The zero-order valence-corrected chi connectivity index (χ0v) is 13.7. The lowest BCUT2D eigenvalue weighted by atomic mass is 9.68. The minimum absolute atomic E-state index is 0.0830. The first-order valence-corrected chi connectivity index (χ1v) is 9.59. The smallest absolute Gasteiger partial charge is 0.320 e. The zero-order valence-electron chi connectivity index (χ0n) is 12.9. The molecule has 8 heteroatoms. The third kappa shape index (κ3) is 4.18. The summed E-state index contributed by atoms with van der Waals surface area (Å²) < 4.78 is 25.3. The molecule has 7 nitrogen and oxygen atoms in total. The van der Waals surface area contributed by atoms with Gasteiger partial charge in [-0.2, -0.15) is 12.7 Å². The molecule has 0 aromatic carbocycles. The van der Waals surface area contributed by atoms with Gasteiger partial charge in [0.05, 0.1) is 0 Å². The van der Waals surface area contributed by atoms with Crippen molar-refractivity contribution in [2.75, 3.05) is 6.54 Å². The lowest BCUT2D eigenvalue weighted by Gasteiger charge is -2.45. The van der Waals surface area contributed by atoms with Crippen LogP contribution in [0.2, 0.25) is 0 Å². The summed E-state index contributed by atoms with van der Waals surface area (Å²) in [7, 11) is -3.85. The molecule has 3 unspecified atom stereocenters. The zero-order chi connectivity index (χ0) is 16.3. The molecule has 0 saturated heterocycles. The molecule has 0 amide bonds. The van der Waals surface area contributed by atoms with Gasteiger partial charge < -0.3 is 10.8 Å². The first kappa shape index (κ1) is 17.7. The van der Waals surface area contributed by atoms with E-state index in [0.717, 1.165) is 38.5 Å². The fraction of sp³-hybridized carbons (Fsp3) is 0.929. The fourth-order valence-corrected chi connectivity index (χ4v) is 5.13. The normalized spacial score (nSPS) is 30.8. The Bertz CT molecular complexity index is 494. The van der Waals surface area contributed by atoms with Crippen LogP contribution in [-0.4, -0.2) is 42.4 Å². The fourth-order valence-electron chi connectivity index (χ4n) is 4.13. The predicted molar refractivity (Wildman–Crippen MR) is 83.1 cm³/mol. The van der Waals surface area contributed by atoms with Gasteiger partial charge in [0, 0.05) is 12.6 Å². The molecule has 2 fully saturated rings. The summed E-state index contributed by atoms with van der Waals surface area (Å²) in [5.74, 6) is -0.194. The van der Waals surface area contributed by atoms with Crippen LogP contribution in [-0.2, 0) is 15.0 Å². The molecule has 5 N–H and O–H groups in total. The molecule has 4 atom stereocenters. The van der Waals surface area contributed by atoms with Gasteiger partial charge in [-0.05, 0) is 31.1 Å². The third-order valence-corrected chi connectivity index (χ3v) is 6.32. The highest BCUT2D eigenvalue weighted by Crippen LogP contribution is 2.42. The van der Waals surface area contributed by atoms with Crippen LogP contribution in [0.25, 0.3) is 0 Å². The van der Waals surface area contributed by atoms with Crippen LogP contribution in [0.1, 0.15) is 51.4 Å². The van der Waals surface area contributed by atoms with Crippen molar-refractivity contribution in [3.05, 3.63) is 0 Å². The first-order chi connectivity index (χ1) is 10.3. The summed E-state index contributed by atoms with van der Waals surface area (Å²) in [4.78, 5) is 10.8. The maximum absolute atomic E-state index is 12.0. The van der Waals surface area contributed by atoms with Crippen LogP contribution < -0.4 is 10.9 Å². The molecule has 128 valence electrons. The average molecular weight is 333 g/mol. The number of carbonyl (C=O) groups is 1. The summed E-state index contributed by atoms with van der Waals surface area (Å²) in [6.45, 7) is 0.0835. The highest BCUT2D eigenvalue weighted by Gasteiger charge is 2.41. The quantitative estimate of drug-likeness (QED) is 0.658. The van der Waals surface area contributed by atoms with Crippen molar-refractivity contribution in [1.82, 2.24) is 4.31 Å². The number of hydrogen-bond donors (Lipinski definition) is 3. The van der Waals surface area contributed by atoms with Crippen molar-refractivity contribution in [3.8, 4) is 0 Å². The molecule has 2 rings (SSSR count). The summed E-state index contributed by atoms with van der Waals surface area (Å²) in [6.07, 6.45) is 7.59. The molecular formula is C14H27N3O4S. The van der Waals surface area contributed by atoms with E-state index in [1.54, 1.807) is 0 Å². The Morgan fingerprint density at radius 3 is 2.45 bits per heavy atom. The molecular weight excluding hydrogens is 306 g/mol. The minimum atomic E-state index is -3.85. The summed E-state index contributed by atoms with van der Waals surface area (Å²) in [5.41, 5.74) is 5.51. The predicted octanol–water partition coefficient (Wildman–Crippen LogP) is 0.653. The van der Waals surface area contributed by atoms with Gasteiger partial charge in [0.2, 0.25) is 0 Å². The van der Waals surface area contributed by atoms with Crippen LogP contribution in [0.5, 0.6) is 0 Å². The van der Waals surface area contributed by atoms with Crippen LogP contribution >= 0.6 is 0 Å². The van der Waals surface area contributed by atoms with Gasteiger partial charge in [0.25, 0.3) is 10.2 Å². The largest absolute Gasteiger partial charge is 0.480 e. The van der Waals surface area contributed by atoms with Gasteiger partial charge in [-0.15, -0.1) is 0 Å². The standard InChI is InChI=1S/C14H27N3O4S/c15-12(14(18)19)8-9-17(22(16,20)21)13-7-3-5-10-4-1-2-6-11(10)13/h10-13H,1-9,15H2,(H,18,19)(H2,16,20,21)/t10?,11?,12-,13?/m0/s1. The second-order valence-electron chi connectivity index (χ2n) is 6.60. The molecule has 2 aliphatic carbocycles. The van der Waals surface area contributed by atoms with E-state index in [9.17, 15) is 13.2 Å². The molecule has 2 aliphatic rings. The lowest BCUT2D eigenvalue weighted by molar-refractivity contribution is -0.138. The number of hydrogen-bond acceptors (Lipinski definition) is 4. The minimum Gasteiger partial charge on any atom is -0.480 e. The maximum Gasteiger partial charge on any atom is 0.320 e. The summed E-state index contributed by atoms with van der Waals surface area (Å²) in [5, 5.41) is 14.3. The number of carboxylic acids is 1. The lowest BCUT2D eigenvalue weighted by Crippen LogP contribution is -2.52. The Kier molecular flexibility index (Phi) is 5.81. The van der Waals surface area contributed by atoms with Gasteiger partial charge in [-0.1, -0.05) is 32.1 Å².